The number of fused-ring (bicyclic) bond motifs is 2. The summed E-state index contributed by atoms with van der Waals surface area (Å²) in [5.41, 5.74) is 0.997. The first kappa shape index (κ1) is 21.9. The second-order valence-electron chi connectivity index (χ2n) is 8.68. The van der Waals surface area contributed by atoms with Crippen molar-refractivity contribution in [3.63, 3.8) is 0 Å². The van der Waals surface area contributed by atoms with Crippen molar-refractivity contribution < 1.29 is 14.3 Å². The number of rotatable bonds is 7. The van der Waals surface area contributed by atoms with Crippen LogP contribution in [0.2, 0.25) is 5.02 Å². The number of methoxy groups -OCH3 is 1. The van der Waals surface area contributed by atoms with E-state index in [-0.39, 0.29) is 17.7 Å². The van der Waals surface area contributed by atoms with Crippen LogP contribution in [0, 0.1) is 11.8 Å². The summed E-state index contributed by atoms with van der Waals surface area (Å²) in [6.07, 6.45) is 5.39. The second-order valence-corrected chi connectivity index (χ2v) is 9.08. The molecule has 2 bridgehead atoms. The van der Waals surface area contributed by atoms with Crippen molar-refractivity contribution in [1.82, 2.24) is 4.90 Å². The topological polar surface area (TPSA) is 70.7 Å². The minimum absolute atomic E-state index is 0.00121. The molecule has 2 unspecified atom stereocenters. The van der Waals surface area contributed by atoms with Crippen LogP contribution in [-0.4, -0.2) is 42.5 Å². The summed E-state index contributed by atoms with van der Waals surface area (Å²) in [6, 6.07) is 4.29. The van der Waals surface area contributed by atoms with E-state index in [9.17, 15) is 9.59 Å². The molecule has 2 N–H and O–H groups in total. The maximum Gasteiger partial charge on any atom is 0.227 e. The zero-order chi connectivity index (χ0) is 21.1. The summed E-state index contributed by atoms with van der Waals surface area (Å²) in [6.45, 7) is 7.07. The van der Waals surface area contributed by atoms with Gasteiger partial charge in [-0.05, 0) is 50.6 Å². The normalized spacial score (nSPS) is 23.9. The Morgan fingerprint density at radius 2 is 1.83 bits per heavy atom. The van der Waals surface area contributed by atoms with Gasteiger partial charge in [0, 0.05) is 31.0 Å². The number of carbonyl (C=O) groups excluding carboxylic acids is 2. The molecule has 1 aromatic rings. The molecule has 0 spiro atoms. The van der Waals surface area contributed by atoms with Crippen LogP contribution in [0.4, 0.5) is 11.4 Å². The highest BCUT2D eigenvalue weighted by molar-refractivity contribution is 6.34. The fraction of sp³-hybridized carbons (Fsp3) is 0.636. The third-order valence-electron chi connectivity index (χ3n) is 6.08. The zero-order valence-electron chi connectivity index (χ0n) is 17.8. The predicted octanol–water partition coefficient (Wildman–Crippen LogP) is 4.53. The van der Waals surface area contributed by atoms with Crippen LogP contribution >= 0.6 is 11.6 Å². The Bertz CT molecular complexity index is 754. The highest BCUT2D eigenvalue weighted by Gasteiger charge is 2.42. The van der Waals surface area contributed by atoms with Crippen molar-refractivity contribution >= 4 is 34.8 Å². The number of hydrogen-bond donors (Lipinski definition) is 2. The molecule has 2 amide bonds. The van der Waals surface area contributed by atoms with Gasteiger partial charge in [-0.1, -0.05) is 25.4 Å². The fourth-order valence-electron chi connectivity index (χ4n) is 4.60. The molecule has 2 heterocycles. The first-order chi connectivity index (χ1) is 13.8. The third-order valence-corrected chi connectivity index (χ3v) is 6.39. The van der Waals surface area contributed by atoms with Crippen LogP contribution in [-0.2, 0) is 9.59 Å². The highest BCUT2D eigenvalue weighted by Crippen LogP contribution is 2.40. The van der Waals surface area contributed by atoms with E-state index >= 15 is 0 Å². The van der Waals surface area contributed by atoms with Crippen LogP contribution < -0.4 is 15.4 Å². The molecule has 3 rings (SSSR count). The average molecular weight is 422 g/mol. The highest BCUT2D eigenvalue weighted by atomic mass is 35.5. The van der Waals surface area contributed by atoms with E-state index in [2.05, 4.69) is 29.4 Å². The molecule has 2 atom stereocenters. The van der Waals surface area contributed by atoms with Gasteiger partial charge in [-0.15, -0.1) is 0 Å². The molecule has 0 aliphatic carbocycles. The number of hydrogen-bond acceptors (Lipinski definition) is 4. The zero-order valence-corrected chi connectivity index (χ0v) is 18.5. The van der Waals surface area contributed by atoms with Gasteiger partial charge in [0.05, 0.1) is 23.5 Å². The number of nitrogens with one attached hydrogen (secondary N) is 2. The molecule has 2 fully saturated rings. The Labute approximate surface area is 178 Å². The number of ether oxygens (including phenoxy) is 1. The van der Waals surface area contributed by atoms with Gasteiger partial charge < -0.3 is 15.4 Å². The largest absolute Gasteiger partial charge is 0.494 e. The standard InChI is InChI=1S/C22H32ClN3O3/c1-13(2)7-8-26-16-5-6-17(26)10-15(9-16)22(28)25-20-11-18(23)19(24-14(3)27)12-21(20)29-4/h11-13,15-17H,5-10H2,1-4H3,(H,24,27)(H,25,28). The van der Waals surface area contributed by atoms with Crippen molar-refractivity contribution in [2.45, 2.75) is 65.0 Å². The van der Waals surface area contributed by atoms with Gasteiger partial charge >= 0.3 is 0 Å². The van der Waals surface area contributed by atoms with Gasteiger partial charge in [0.2, 0.25) is 11.8 Å². The lowest BCUT2D eigenvalue weighted by molar-refractivity contribution is -0.122. The smallest absolute Gasteiger partial charge is 0.227 e. The Morgan fingerprint density at radius 1 is 1.17 bits per heavy atom. The van der Waals surface area contributed by atoms with E-state index in [1.807, 2.05) is 0 Å². The molecule has 2 aliphatic heterocycles. The fourth-order valence-corrected chi connectivity index (χ4v) is 4.81. The summed E-state index contributed by atoms with van der Waals surface area (Å²) in [7, 11) is 1.53. The second kappa shape index (κ2) is 9.35. The van der Waals surface area contributed by atoms with Crippen molar-refractivity contribution in [3.8, 4) is 5.75 Å². The van der Waals surface area contributed by atoms with Crippen LogP contribution in [0.25, 0.3) is 0 Å². The van der Waals surface area contributed by atoms with Crippen molar-refractivity contribution in [3.05, 3.63) is 17.2 Å². The van der Waals surface area contributed by atoms with Gasteiger partial charge in [-0.2, -0.15) is 0 Å². The number of amides is 2. The number of carbonyl (C=O) groups is 2. The van der Waals surface area contributed by atoms with Crippen LogP contribution in [0.1, 0.15) is 52.9 Å². The lowest BCUT2D eigenvalue weighted by atomic mass is 9.89. The summed E-state index contributed by atoms with van der Waals surface area (Å²) in [5.74, 6) is 0.982. The summed E-state index contributed by atoms with van der Waals surface area (Å²) in [5, 5.41) is 6.03. The van der Waals surface area contributed by atoms with Crippen LogP contribution in [0.5, 0.6) is 5.75 Å². The Kier molecular flexibility index (Phi) is 7.06. The van der Waals surface area contributed by atoms with Crippen LogP contribution in [0.15, 0.2) is 12.1 Å². The van der Waals surface area contributed by atoms with Gasteiger partial charge in [0.15, 0.2) is 0 Å². The minimum atomic E-state index is -0.217. The number of piperidine rings is 1. The van der Waals surface area contributed by atoms with E-state index in [1.54, 1.807) is 12.1 Å². The van der Waals surface area contributed by atoms with Crippen molar-refractivity contribution in [2.24, 2.45) is 11.8 Å². The van der Waals surface area contributed by atoms with Gasteiger partial charge in [0.1, 0.15) is 5.75 Å². The van der Waals surface area contributed by atoms with E-state index in [0.717, 1.165) is 19.4 Å². The number of halogens is 1. The van der Waals surface area contributed by atoms with E-state index < -0.39 is 0 Å². The Hall–Kier alpha value is -1.79. The van der Waals surface area contributed by atoms with E-state index in [0.29, 0.717) is 40.1 Å². The molecule has 0 saturated carbocycles. The third kappa shape index (κ3) is 5.23. The molecular formula is C22H32ClN3O3. The van der Waals surface area contributed by atoms with Gasteiger partial charge in [0.25, 0.3) is 0 Å². The number of nitrogens with zero attached hydrogens (tertiary/aromatic N) is 1. The summed E-state index contributed by atoms with van der Waals surface area (Å²) >= 11 is 6.28. The maximum absolute atomic E-state index is 13.0. The van der Waals surface area contributed by atoms with E-state index in [4.69, 9.17) is 16.3 Å². The predicted molar refractivity (Wildman–Crippen MR) is 117 cm³/mol. The molecule has 1 aromatic carbocycles. The lowest BCUT2D eigenvalue weighted by Gasteiger charge is -2.38. The van der Waals surface area contributed by atoms with Gasteiger partial charge in [-0.25, -0.2) is 0 Å². The number of benzene rings is 1. The molecule has 160 valence electrons. The Balaban J connectivity index is 1.67. The van der Waals surface area contributed by atoms with Crippen molar-refractivity contribution in [2.75, 3.05) is 24.3 Å². The molecule has 0 radical (unpaired) electrons. The van der Waals surface area contributed by atoms with Crippen LogP contribution in [0.3, 0.4) is 0 Å². The summed E-state index contributed by atoms with van der Waals surface area (Å²) < 4.78 is 5.40. The summed E-state index contributed by atoms with van der Waals surface area (Å²) in [4.78, 5) is 27.0. The first-order valence-electron chi connectivity index (χ1n) is 10.5. The monoisotopic (exact) mass is 421 g/mol. The Morgan fingerprint density at radius 3 is 2.38 bits per heavy atom. The molecule has 2 aliphatic rings. The SMILES string of the molecule is COc1cc(NC(C)=O)c(Cl)cc1NC(=O)C1CC2CCC(C1)N2CCC(C)C. The molecule has 2 saturated heterocycles. The minimum Gasteiger partial charge on any atom is -0.494 e. The van der Waals surface area contributed by atoms with Crippen molar-refractivity contribution in [1.29, 1.82) is 0 Å². The molecular weight excluding hydrogens is 390 g/mol. The molecule has 6 nitrogen and oxygen atoms in total. The molecule has 0 aromatic heterocycles. The van der Waals surface area contributed by atoms with Gasteiger partial charge in [-0.3, -0.25) is 14.5 Å². The number of anilines is 2. The first-order valence-corrected chi connectivity index (χ1v) is 10.9. The average Bonchev–Trinajstić information content (AvgIpc) is 2.88. The lowest BCUT2D eigenvalue weighted by Crippen LogP contribution is -2.46. The molecule has 29 heavy (non-hydrogen) atoms. The van der Waals surface area contributed by atoms with E-state index in [1.165, 1.54) is 33.3 Å². The quantitative estimate of drug-likeness (QED) is 0.678. The maximum atomic E-state index is 13.0. The molecule has 7 heteroatoms.